The van der Waals surface area contributed by atoms with Crippen molar-refractivity contribution >= 4 is 35.0 Å². The number of rotatable bonds is 4. The van der Waals surface area contributed by atoms with Crippen molar-refractivity contribution < 1.29 is 14.4 Å². The molecule has 0 radical (unpaired) electrons. The van der Waals surface area contributed by atoms with Crippen LogP contribution in [0.2, 0.25) is 5.02 Å². The molecule has 21 heavy (non-hydrogen) atoms. The van der Waals surface area contributed by atoms with Crippen molar-refractivity contribution in [3.05, 3.63) is 28.8 Å². The fourth-order valence-electron chi connectivity index (χ4n) is 2.05. The lowest BCUT2D eigenvalue weighted by molar-refractivity contribution is -0.137. The average Bonchev–Trinajstić information content (AvgIpc) is 2.68. The number of benzene rings is 1. The predicted molar refractivity (Wildman–Crippen MR) is 79.0 cm³/mol. The summed E-state index contributed by atoms with van der Waals surface area (Å²) in [5.41, 5.74) is 1.51. The lowest BCUT2D eigenvalue weighted by atomic mass is 10.2. The number of nitrogens with zero attached hydrogens (tertiary/aromatic N) is 1. The number of carbonyl (C=O) groups excluding carboxylic acids is 3. The minimum atomic E-state index is -0.631. The fraction of sp³-hybridized carbons (Fsp3) is 0.357. The highest BCUT2D eigenvalue weighted by molar-refractivity contribution is 6.31. The third-order valence-electron chi connectivity index (χ3n) is 3.36. The molecular weight excluding hydrogens is 294 g/mol. The van der Waals surface area contributed by atoms with Crippen LogP contribution in [0.3, 0.4) is 0 Å². The molecule has 1 aromatic carbocycles. The van der Waals surface area contributed by atoms with E-state index in [0.717, 1.165) is 10.5 Å². The van der Waals surface area contributed by atoms with Crippen LogP contribution in [0, 0.1) is 6.92 Å². The molecule has 7 heteroatoms. The van der Waals surface area contributed by atoms with Crippen molar-refractivity contribution in [2.24, 2.45) is 0 Å². The minimum Gasteiger partial charge on any atom is -0.325 e. The van der Waals surface area contributed by atoms with Crippen molar-refractivity contribution in [1.29, 1.82) is 0 Å². The van der Waals surface area contributed by atoms with Gasteiger partial charge in [0.2, 0.25) is 17.7 Å². The maximum Gasteiger partial charge on any atom is 0.246 e. The van der Waals surface area contributed by atoms with Crippen molar-refractivity contribution in [2.45, 2.75) is 19.4 Å². The quantitative estimate of drug-likeness (QED) is 0.811. The smallest absolute Gasteiger partial charge is 0.246 e. The van der Waals surface area contributed by atoms with Gasteiger partial charge in [0.15, 0.2) is 0 Å². The highest BCUT2D eigenvalue weighted by Crippen LogP contribution is 2.20. The van der Waals surface area contributed by atoms with Gasteiger partial charge < -0.3 is 5.32 Å². The third-order valence-corrected chi connectivity index (χ3v) is 3.60. The predicted octanol–water partition coefficient (Wildman–Crippen LogP) is 0.934. The maximum absolute atomic E-state index is 11.9. The molecule has 3 amide bonds. The minimum absolute atomic E-state index is 0.0521. The Morgan fingerprint density at radius 1 is 1.43 bits per heavy atom. The first kappa shape index (κ1) is 15.5. The van der Waals surface area contributed by atoms with Gasteiger partial charge in [-0.05, 0) is 24.6 Å². The first-order valence-corrected chi connectivity index (χ1v) is 6.86. The van der Waals surface area contributed by atoms with Crippen LogP contribution in [0.1, 0.15) is 12.0 Å². The van der Waals surface area contributed by atoms with E-state index < -0.39 is 6.04 Å². The molecule has 112 valence electrons. The van der Waals surface area contributed by atoms with Gasteiger partial charge in [-0.25, -0.2) is 0 Å². The first-order valence-electron chi connectivity index (χ1n) is 6.48. The standard InChI is InChI=1S/C14H16ClN3O3/c1-8-3-4-9(15)5-10(8)17-12(19)7-16-11-6-13(20)18(2)14(11)21/h3-5,11,16H,6-7H2,1-2H3,(H,17,19). The van der Waals surface area contributed by atoms with E-state index >= 15 is 0 Å². The summed E-state index contributed by atoms with van der Waals surface area (Å²) in [6, 6.07) is 4.57. The van der Waals surface area contributed by atoms with Gasteiger partial charge in [-0.3, -0.25) is 24.6 Å². The molecule has 1 atom stereocenters. The number of imide groups is 1. The van der Waals surface area contributed by atoms with Crippen LogP contribution in [-0.4, -0.2) is 42.3 Å². The number of aryl methyl sites for hydroxylation is 1. The molecule has 1 unspecified atom stereocenters. The maximum atomic E-state index is 11.9. The van der Waals surface area contributed by atoms with Crippen molar-refractivity contribution in [1.82, 2.24) is 10.2 Å². The Balaban J connectivity index is 1.90. The monoisotopic (exact) mass is 309 g/mol. The molecule has 0 aliphatic carbocycles. The van der Waals surface area contributed by atoms with Gasteiger partial charge in [0.05, 0.1) is 19.0 Å². The van der Waals surface area contributed by atoms with E-state index in [2.05, 4.69) is 10.6 Å². The summed E-state index contributed by atoms with van der Waals surface area (Å²) in [5, 5.41) is 6.04. The fourth-order valence-corrected chi connectivity index (χ4v) is 2.23. The molecule has 1 aliphatic rings. The number of anilines is 1. The summed E-state index contributed by atoms with van der Waals surface area (Å²) in [7, 11) is 1.43. The number of halogens is 1. The van der Waals surface area contributed by atoms with Gasteiger partial charge in [0.25, 0.3) is 0 Å². The van der Waals surface area contributed by atoms with Gasteiger partial charge in [0, 0.05) is 17.8 Å². The Labute approximate surface area is 127 Å². The summed E-state index contributed by atoms with van der Waals surface area (Å²) in [5.74, 6) is -0.856. The van der Waals surface area contributed by atoms with Gasteiger partial charge in [-0.1, -0.05) is 17.7 Å². The summed E-state index contributed by atoms with van der Waals surface area (Å²) < 4.78 is 0. The molecule has 1 saturated heterocycles. The molecule has 0 saturated carbocycles. The van der Waals surface area contributed by atoms with Crippen molar-refractivity contribution in [3.8, 4) is 0 Å². The molecule has 2 N–H and O–H groups in total. The first-order chi connectivity index (χ1) is 9.88. The number of carbonyl (C=O) groups is 3. The third kappa shape index (κ3) is 3.59. The van der Waals surface area contributed by atoms with E-state index in [9.17, 15) is 14.4 Å². The molecular formula is C14H16ClN3O3. The van der Waals surface area contributed by atoms with E-state index in [1.165, 1.54) is 7.05 Å². The van der Waals surface area contributed by atoms with Gasteiger partial charge in [-0.2, -0.15) is 0 Å². The van der Waals surface area contributed by atoms with E-state index in [-0.39, 0.29) is 30.7 Å². The molecule has 2 rings (SSSR count). The lowest BCUT2D eigenvalue weighted by Gasteiger charge is -2.12. The normalized spacial score (nSPS) is 18.2. The number of nitrogens with one attached hydrogen (secondary N) is 2. The summed E-state index contributed by atoms with van der Waals surface area (Å²) in [6.45, 7) is 1.80. The topological polar surface area (TPSA) is 78.5 Å². The summed E-state index contributed by atoms with van der Waals surface area (Å²) >= 11 is 5.88. The van der Waals surface area contributed by atoms with Crippen LogP contribution in [0.4, 0.5) is 5.69 Å². The number of amides is 3. The molecule has 1 fully saturated rings. The number of hydrogen-bond donors (Lipinski definition) is 2. The second-order valence-electron chi connectivity index (χ2n) is 4.94. The molecule has 0 bridgehead atoms. The van der Waals surface area contributed by atoms with Crippen LogP contribution in [0.15, 0.2) is 18.2 Å². The zero-order valence-corrected chi connectivity index (χ0v) is 12.5. The second-order valence-corrected chi connectivity index (χ2v) is 5.37. The van der Waals surface area contributed by atoms with E-state index in [0.29, 0.717) is 10.7 Å². The van der Waals surface area contributed by atoms with Gasteiger partial charge in [-0.15, -0.1) is 0 Å². The summed E-state index contributed by atoms with van der Waals surface area (Å²) in [6.07, 6.45) is 0.0821. The van der Waals surface area contributed by atoms with Crippen LogP contribution >= 0.6 is 11.6 Å². The Kier molecular flexibility index (Phi) is 4.59. The Morgan fingerprint density at radius 2 is 2.14 bits per heavy atom. The van der Waals surface area contributed by atoms with E-state index in [1.54, 1.807) is 18.2 Å². The average molecular weight is 310 g/mol. The summed E-state index contributed by atoms with van der Waals surface area (Å²) in [4.78, 5) is 36.0. The molecule has 0 aromatic heterocycles. The number of likely N-dealkylation sites (N-methyl/N-ethyl adjacent to an activating group) is 1. The molecule has 1 aliphatic heterocycles. The van der Waals surface area contributed by atoms with Crippen molar-refractivity contribution in [2.75, 3.05) is 18.9 Å². The zero-order chi connectivity index (χ0) is 15.6. The number of hydrogen-bond acceptors (Lipinski definition) is 4. The molecule has 1 heterocycles. The molecule has 1 aromatic rings. The van der Waals surface area contributed by atoms with Crippen LogP contribution < -0.4 is 10.6 Å². The SMILES string of the molecule is Cc1ccc(Cl)cc1NC(=O)CNC1CC(=O)N(C)C1=O. The highest BCUT2D eigenvalue weighted by Gasteiger charge is 2.35. The zero-order valence-electron chi connectivity index (χ0n) is 11.8. The highest BCUT2D eigenvalue weighted by atomic mass is 35.5. The van der Waals surface area contributed by atoms with Gasteiger partial charge >= 0.3 is 0 Å². The van der Waals surface area contributed by atoms with E-state index in [4.69, 9.17) is 11.6 Å². The van der Waals surface area contributed by atoms with Crippen LogP contribution in [0.5, 0.6) is 0 Å². The molecule has 6 nitrogen and oxygen atoms in total. The van der Waals surface area contributed by atoms with Gasteiger partial charge in [0.1, 0.15) is 0 Å². The number of likely N-dealkylation sites (tertiary alicyclic amines) is 1. The second kappa shape index (κ2) is 6.24. The lowest BCUT2D eigenvalue weighted by Crippen LogP contribution is -2.41. The molecule has 0 spiro atoms. The largest absolute Gasteiger partial charge is 0.325 e. The Morgan fingerprint density at radius 3 is 2.76 bits per heavy atom. The van der Waals surface area contributed by atoms with Crippen LogP contribution in [0.25, 0.3) is 0 Å². The Bertz CT molecular complexity index is 603. The van der Waals surface area contributed by atoms with Crippen molar-refractivity contribution in [3.63, 3.8) is 0 Å². The van der Waals surface area contributed by atoms with Crippen LogP contribution in [-0.2, 0) is 14.4 Å². The van der Waals surface area contributed by atoms with E-state index in [1.807, 2.05) is 6.92 Å². The Hall–Kier alpha value is -1.92.